The average molecular weight is 1210 g/mol. The largest absolute Gasteiger partial charge is 0.504 e. The molecule has 11 unspecified atom stereocenters. The lowest BCUT2D eigenvalue weighted by Crippen LogP contribution is -3.21. The van der Waals surface area contributed by atoms with Crippen molar-refractivity contribution in [3.8, 4) is 0 Å². The summed E-state index contributed by atoms with van der Waals surface area (Å²) in [5, 5.41) is 98.5. The number of nitrogens with one attached hydrogen (secondary N) is 12. The SMILES string of the molecule is CC(NC(=O)CNC(=O)C(C)NC(=O)C(CC(N)=O)N(O)C(=O)C(CO)NC(=O)CNC(=O)C1CCN=C(C(CO)NC(=O)C2CCNC3=C(NC(=O)CC(O)C(N)=O)C=C4C=C(O)C(O)=CC4[NH+]32)N1)C(=O)NCC(=O)NC1CCCN(O)C1=O. The van der Waals surface area contributed by atoms with Gasteiger partial charge in [0.1, 0.15) is 66.0 Å². The molecular formula is C48H70N17O20+. The van der Waals surface area contributed by atoms with Gasteiger partial charge < -0.3 is 95.5 Å². The van der Waals surface area contributed by atoms with Crippen molar-refractivity contribution in [2.45, 2.75) is 113 Å². The van der Waals surface area contributed by atoms with Crippen LogP contribution in [0.15, 0.2) is 51.8 Å². The van der Waals surface area contributed by atoms with Crippen LogP contribution in [0.2, 0.25) is 0 Å². The molecule has 0 saturated carbocycles. The number of primary amides is 2. The number of nitrogens with two attached hydrogens (primary N) is 2. The predicted octanol–water partition coefficient (Wildman–Crippen LogP) is -12.0. The zero-order valence-electron chi connectivity index (χ0n) is 45.8. The first kappa shape index (κ1) is 66.5. The van der Waals surface area contributed by atoms with Gasteiger partial charge in [0.15, 0.2) is 17.6 Å². The molecule has 4 heterocycles. The molecule has 0 spiro atoms. The molecule has 23 N–H and O–H groups in total. The summed E-state index contributed by atoms with van der Waals surface area (Å²) in [6.07, 6.45) is 1.26. The number of hydroxylamine groups is 4. The second-order valence-corrected chi connectivity index (χ2v) is 20.0. The molecule has 0 bridgehead atoms. The molecule has 2 fully saturated rings. The molecule has 37 heteroatoms. The third-order valence-corrected chi connectivity index (χ3v) is 13.6. The van der Waals surface area contributed by atoms with Crippen LogP contribution in [0.5, 0.6) is 0 Å². The van der Waals surface area contributed by atoms with Gasteiger partial charge in [-0.25, -0.2) is 10.1 Å². The van der Waals surface area contributed by atoms with E-state index in [1.54, 1.807) is 0 Å². The minimum atomic E-state index is -2.17. The van der Waals surface area contributed by atoms with Gasteiger partial charge in [-0.15, -0.1) is 0 Å². The fourth-order valence-electron chi connectivity index (χ4n) is 9.16. The monoisotopic (exact) mass is 1200 g/mol. The lowest BCUT2D eigenvalue weighted by Gasteiger charge is -2.42. The molecule has 0 aromatic rings. The van der Waals surface area contributed by atoms with E-state index in [0.29, 0.717) is 22.0 Å². The summed E-state index contributed by atoms with van der Waals surface area (Å²) in [5.74, 6) is -13.8. The molecule has 37 nitrogen and oxygen atoms in total. The number of carbonyl (C=O) groups excluding carboxylic acids is 13. The Hall–Kier alpha value is -9.30. The van der Waals surface area contributed by atoms with E-state index in [0.717, 1.165) is 6.92 Å². The summed E-state index contributed by atoms with van der Waals surface area (Å²) in [4.78, 5) is 170. The molecule has 0 aromatic heterocycles. The van der Waals surface area contributed by atoms with Crippen LogP contribution in [0.4, 0.5) is 0 Å². The van der Waals surface area contributed by atoms with Crippen molar-refractivity contribution in [3.05, 3.63) is 46.8 Å². The molecule has 5 aliphatic rings. The number of quaternary nitrogens is 1. The van der Waals surface area contributed by atoms with Gasteiger partial charge in [-0.2, -0.15) is 0 Å². The van der Waals surface area contributed by atoms with Gasteiger partial charge in [0.05, 0.1) is 45.7 Å². The van der Waals surface area contributed by atoms with E-state index in [2.05, 4.69) is 63.5 Å². The number of aliphatic hydroxyl groups excluding tert-OH is 5. The number of aliphatic hydroxyl groups is 5. The van der Waals surface area contributed by atoms with Crippen LogP contribution >= 0.6 is 0 Å². The van der Waals surface area contributed by atoms with Crippen LogP contribution in [0.25, 0.3) is 0 Å². The fraction of sp³-hybridized carbons (Fsp3) is 0.542. The van der Waals surface area contributed by atoms with Crippen molar-refractivity contribution in [3.63, 3.8) is 0 Å². The first-order chi connectivity index (χ1) is 40.1. The highest BCUT2D eigenvalue weighted by Gasteiger charge is 2.47. The quantitative estimate of drug-likeness (QED) is 0.0268. The van der Waals surface area contributed by atoms with Crippen molar-refractivity contribution in [2.24, 2.45) is 16.5 Å². The summed E-state index contributed by atoms with van der Waals surface area (Å²) in [5.41, 5.74) is 10.8. The van der Waals surface area contributed by atoms with Crippen LogP contribution in [-0.4, -0.2) is 242 Å². The molecule has 0 aromatic carbocycles. The summed E-state index contributed by atoms with van der Waals surface area (Å²) < 4.78 is 0. The normalized spacial score (nSPS) is 21.9. The maximum absolute atomic E-state index is 14.2. The molecule has 13 amide bonds. The van der Waals surface area contributed by atoms with Crippen LogP contribution in [-0.2, 0) is 62.3 Å². The average Bonchev–Trinajstić information content (AvgIpc) is 2.50. The van der Waals surface area contributed by atoms with Crippen molar-refractivity contribution in [1.82, 2.24) is 68.6 Å². The van der Waals surface area contributed by atoms with Crippen molar-refractivity contribution in [2.75, 3.05) is 52.5 Å². The summed E-state index contributed by atoms with van der Waals surface area (Å²) >= 11 is 0. The Kier molecular flexibility index (Phi) is 23.7. The molecule has 85 heavy (non-hydrogen) atoms. The van der Waals surface area contributed by atoms with Crippen LogP contribution in [0.1, 0.15) is 52.4 Å². The Morgan fingerprint density at radius 2 is 1.44 bits per heavy atom. The molecule has 1 aliphatic carbocycles. The number of amidine groups is 1. The summed E-state index contributed by atoms with van der Waals surface area (Å²) in [7, 11) is 0. The standard InChI is InChI=1S/C48H69N17O20/c1-20(42(77)54-16-37(74)58-24-4-3-9-63(84)47(24)82)56-36(73)15-53-43(78)21(2)57-46(81)30(13-34(49)71)65(85)48(83)27(19-67)60-38(75)17-55-44(79)23-5-7-51-40(61-23)26(18-66)62-45(80)28-6-8-52-41-25(59-35(72)14-33(70)39(50)76)10-22-11-31(68)32(69)12-29(22)64(28)41/h10-12,20-21,23-24,26-30,33,52,66-70,84-85H,3-9,13-19H2,1-2H3,(H2,49,71)(H2,50,76)(H,51,61)(H,53,78)(H,54,77)(H,55,79)(H,56,73)(H,57,81)(H,58,74)(H,59,72)(H,60,75)(H,62,80)/p+1. The highest BCUT2D eigenvalue weighted by Crippen LogP contribution is 2.24. The number of hydrogen-bond donors (Lipinski definition) is 21. The Labute approximate surface area is 482 Å². The molecule has 11 atom stereocenters. The topological polar surface area (TPSA) is 571 Å². The van der Waals surface area contributed by atoms with E-state index in [1.165, 1.54) is 25.2 Å². The number of amides is 13. The Bertz CT molecular complexity index is 2820. The second kappa shape index (κ2) is 30.3. The third-order valence-electron chi connectivity index (χ3n) is 13.6. The van der Waals surface area contributed by atoms with Gasteiger partial charge >= 0.3 is 0 Å². The zero-order valence-corrected chi connectivity index (χ0v) is 45.8. The molecule has 5 rings (SSSR count). The predicted molar refractivity (Wildman–Crippen MR) is 283 cm³/mol. The molecule has 4 aliphatic heterocycles. The summed E-state index contributed by atoms with van der Waals surface area (Å²) in [6.45, 7) is -1.56. The first-order valence-electron chi connectivity index (χ1n) is 26.4. The molecule has 2 saturated heterocycles. The number of fused-ring (bicyclic) bond motifs is 3. The van der Waals surface area contributed by atoms with Crippen molar-refractivity contribution < 1.29 is 103 Å². The van der Waals surface area contributed by atoms with E-state index in [-0.39, 0.29) is 61.3 Å². The van der Waals surface area contributed by atoms with E-state index in [4.69, 9.17) is 11.5 Å². The number of carbonyl (C=O) groups is 13. The van der Waals surface area contributed by atoms with Crippen molar-refractivity contribution in [1.29, 1.82) is 0 Å². The number of nitrogens with zero attached hydrogens (tertiary/aromatic N) is 3. The zero-order chi connectivity index (χ0) is 63.0. The van der Waals surface area contributed by atoms with Gasteiger partial charge in [-0.3, -0.25) is 82.6 Å². The highest BCUT2D eigenvalue weighted by atomic mass is 16.5. The number of rotatable bonds is 27. The Balaban J connectivity index is 1.10. The van der Waals surface area contributed by atoms with E-state index < -0.39 is 194 Å². The molecule has 466 valence electrons. The van der Waals surface area contributed by atoms with Gasteiger partial charge in [0.25, 0.3) is 17.7 Å². The van der Waals surface area contributed by atoms with Gasteiger partial charge in [-0.1, -0.05) is 0 Å². The summed E-state index contributed by atoms with van der Waals surface area (Å²) in [6, 6.07) is -12.2. The number of hydrogen-bond acceptors (Lipinski definition) is 23. The van der Waals surface area contributed by atoms with Crippen LogP contribution in [0.3, 0.4) is 0 Å². The lowest BCUT2D eigenvalue weighted by atomic mass is 9.90. The Morgan fingerprint density at radius 1 is 0.788 bits per heavy atom. The van der Waals surface area contributed by atoms with Gasteiger partial charge in [0, 0.05) is 37.7 Å². The van der Waals surface area contributed by atoms with Gasteiger partial charge in [0.2, 0.25) is 64.9 Å². The van der Waals surface area contributed by atoms with Crippen molar-refractivity contribution >= 4 is 82.6 Å². The molecular weight excluding hydrogens is 1130 g/mol. The lowest BCUT2D eigenvalue weighted by molar-refractivity contribution is -0.900. The van der Waals surface area contributed by atoms with Gasteiger partial charge in [-0.05, 0) is 45.3 Å². The number of aliphatic imine (C=N–C) groups is 1. The van der Waals surface area contributed by atoms with E-state index in [1.807, 2.05) is 0 Å². The maximum atomic E-state index is 14.2. The number of allylic oxidation sites excluding steroid dienone is 1. The van der Waals surface area contributed by atoms with E-state index >= 15 is 0 Å². The highest BCUT2D eigenvalue weighted by molar-refractivity contribution is 5.99. The fourth-order valence-corrected chi connectivity index (χ4v) is 9.16. The second-order valence-electron chi connectivity index (χ2n) is 20.0. The Morgan fingerprint density at radius 3 is 2.08 bits per heavy atom. The maximum Gasteiger partial charge on any atom is 0.279 e. The minimum Gasteiger partial charge on any atom is -0.504 e. The van der Waals surface area contributed by atoms with E-state index in [9.17, 15) is 98.3 Å². The number of piperidine rings is 1. The minimum absolute atomic E-state index is 0.0270. The van der Waals surface area contributed by atoms with Crippen LogP contribution in [0, 0.1) is 0 Å². The third kappa shape index (κ3) is 18.1. The molecule has 0 radical (unpaired) electrons. The smallest absolute Gasteiger partial charge is 0.279 e. The first-order valence-corrected chi connectivity index (χ1v) is 26.4. The van der Waals surface area contributed by atoms with Crippen LogP contribution < -0.4 is 74.9 Å².